The monoisotopic (exact) mass is 817 g/mol. The molecule has 0 radical (unpaired) electrons. The maximum atomic E-state index is 12.7. The first-order chi connectivity index (χ1) is 29.0. The van der Waals surface area contributed by atoms with Crippen LogP contribution in [0.15, 0.2) is 109 Å². The maximum absolute atomic E-state index is 12.7. The molecule has 0 aliphatic carbocycles. The summed E-state index contributed by atoms with van der Waals surface area (Å²) in [5, 5.41) is 0. The number of hydrogen-bond acceptors (Lipinski definition) is 6. The lowest BCUT2D eigenvalue weighted by Gasteiger charge is -2.18. The molecule has 1 unspecified atom stereocenters. The number of hydrogen-bond donors (Lipinski definition) is 0. The minimum absolute atomic E-state index is 0.113. The Morgan fingerprint density at radius 2 is 0.661 bits per heavy atom. The van der Waals surface area contributed by atoms with Crippen LogP contribution in [0.3, 0.4) is 0 Å². The van der Waals surface area contributed by atoms with Crippen molar-refractivity contribution in [3.63, 3.8) is 0 Å². The van der Waals surface area contributed by atoms with Crippen LogP contribution in [-0.4, -0.2) is 37.2 Å². The summed E-state index contributed by atoms with van der Waals surface area (Å²) in [6.45, 7) is 6.26. The average molecular weight is 817 g/mol. The van der Waals surface area contributed by atoms with Gasteiger partial charge in [-0.15, -0.1) is 0 Å². The molecular formula is C53H84O6. The Kier molecular flexibility index (Phi) is 43.6. The lowest BCUT2D eigenvalue weighted by Crippen LogP contribution is -2.30. The molecule has 0 N–H and O–H groups in total. The minimum Gasteiger partial charge on any atom is -0.462 e. The summed E-state index contributed by atoms with van der Waals surface area (Å²) in [6, 6.07) is 0. The van der Waals surface area contributed by atoms with Crippen molar-refractivity contribution in [1.82, 2.24) is 0 Å². The number of ether oxygens (including phenoxy) is 3. The van der Waals surface area contributed by atoms with Gasteiger partial charge >= 0.3 is 17.9 Å². The van der Waals surface area contributed by atoms with Gasteiger partial charge in [-0.25, -0.2) is 0 Å². The predicted octanol–water partition coefficient (Wildman–Crippen LogP) is 15.2. The van der Waals surface area contributed by atoms with Crippen LogP contribution >= 0.6 is 0 Å². The topological polar surface area (TPSA) is 78.9 Å². The van der Waals surface area contributed by atoms with E-state index in [2.05, 4.69) is 130 Å². The smallest absolute Gasteiger partial charge is 0.306 e. The molecule has 0 saturated heterocycles. The van der Waals surface area contributed by atoms with Crippen molar-refractivity contribution in [2.75, 3.05) is 13.2 Å². The van der Waals surface area contributed by atoms with Crippen molar-refractivity contribution in [2.45, 2.75) is 194 Å². The Balaban J connectivity index is 4.48. The largest absolute Gasteiger partial charge is 0.462 e. The minimum atomic E-state index is -0.816. The van der Waals surface area contributed by atoms with Gasteiger partial charge in [0.1, 0.15) is 13.2 Å². The second-order valence-corrected chi connectivity index (χ2v) is 14.9. The summed E-state index contributed by atoms with van der Waals surface area (Å²) < 4.78 is 16.6. The van der Waals surface area contributed by atoms with Crippen molar-refractivity contribution >= 4 is 17.9 Å². The summed E-state index contributed by atoms with van der Waals surface area (Å²) in [7, 11) is 0. The van der Waals surface area contributed by atoms with Crippen molar-refractivity contribution in [3.8, 4) is 0 Å². The third-order valence-electron chi connectivity index (χ3n) is 9.24. The molecule has 332 valence electrons. The van der Waals surface area contributed by atoms with Gasteiger partial charge in [-0.2, -0.15) is 0 Å². The van der Waals surface area contributed by atoms with Gasteiger partial charge in [0.25, 0.3) is 0 Å². The van der Waals surface area contributed by atoms with E-state index in [0.717, 1.165) is 128 Å². The summed E-state index contributed by atoms with van der Waals surface area (Å²) >= 11 is 0. The van der Waals surface area contributed by atoms with E-state index in [1.165, 1.54) is 12.8 Å². The fraction of sp³-hybridized carbons (Fsp3) is 0.604. The SMILES string of the molecule is CC/C=C\C/C=C\C/C=C\C/C=C\C/C=C\CCCCCC(=O)OCC(COC(=O)CCCCCC/C=C\CCCC)OC(=O)CCCC/C=C\C/C=C\C/C=C\CC. The molecule has 0 aromatic heterocycles. The molecule has 0 saturated carbocycles. The standard InChI is InChI=1S/C53H84O6/c1-4-7-10-13-16-19-22-24-25-26-27-28-29-30-32-34-37-40-43-46-52(55)58-49-50(48-57-51(54)45-42-39-36-33-21-18-15-12-9-6-3)59-53(56)47-44-41-38-35-31-23-20-17-14-11-8-5-2/h7-8,10-11,15-20,24-25,27-28,30-32,35,50H,4-6,9,12-14,21-23,26,29,33-34,36-49H2,1-3H3/b10-7-,11-8-,18-15-,19-16-,20-17-,25-24-,28-27-,32-30-,35-31-. The van der Waals surface area contributed by atoms with Crippen LogP contribution in [0.4, 0.5) is 0 Å². The summed E-state index contributed by atoms with van der Waals surface area (Å²) in [6.07, 6.45) is 62.2. The van der Waals surface area contributed by atoms with Crippen LogP contribution in [0.5, 0.6) is 0 Å². The van der Waals surface area contributed by atoms with Gasteiger partial charge in [-0.1, -0.05) is 162 Å². The highest BCUT2D eigenvalue weighted by Crippen LogP contribution is 2.11. The van der Waals surface area contributed by atoms with Gasteiger partial charge in [-0.3, -0.25) is 14.4 Å². The van der Waals surface area contributed by atoms with Crippen molar-refractivity contribution < 1.29 is 28.6 Å². The van der Waals surface area contributed by atoms with Gasteiger partial charge < -0.3 is 14.2 Å². The van der Waals surface area contributed by atoms with Gasteiger partial charge in [0, 0.05) is 19.3 Å². The molecule has 6 nitrogen and oxygen atoms in total. The highest BCUT2D eigenvalue weighted by atomic mass is 16.6. The average Bonchev–Trinajstić information content (AvgIpc) is 3.23. The number of unbranched alkanes of at least 4 members (excludes halogenated alkanes) is 11. The number of carbonyl (C=O) groups excluding carboxylic acids is 3. The van der Waals surface area contributed by atoms with E-state index in [1.807, 2.05) is 0 Å². The quantitative estimate of drug-likeness (QED) is 0.0265. The number of allylic oxidation sites excluding steroid dienone is 18. The molecule has 6 heteroatoms. The Bertz CT molecular complexity index is 1260. The van der Waals surface area contributed by atoms with Crippen molar-refractivity contribution in [3.05, 3.63) is 109 Å². The number of esters is 3. The first-order valence-electron chi connectivity index (χ1n) is 23.4. The molecule has 0 rings (SSSR count). The predicted molar refractivity (Wildman–Crippen MR) is 251 cm³/mol. The Labute approximate surface area is 361 Å². The van der Waals surface area contributed by atoms with Crippen LogP contribution in [0.1, 0.15) is 188 Å². The van der Waals surface area contributed by atoms with E-state index in [9.17, 15) is 14.4 Å². The van der Waals surface area contributed by atoms with Gasteiger partial charge in [0.15, 0.2) is 6.10 Å². The number of carbonyl (C=O) groups is 3. The van der Waals surface area contributed by atoms with Gasteiger partial charge in [-0.05, 0) is 116 Å². The molecule has 1 atom stereocenters. The summed E-state index contributed by atoms with van der Waals surface area (Å²) in [4.78, 5) is 37.7. The fourth-order valence-electron chi connectivity index (χ4n) is 5.75. The lowest BCUT2D eigenvalue weighted by molar-refractivity contribution is -0.167. The highest BCUT2D eigenvalue weighted by Gasteiger charge is 2.19. The van der Waals surface area contributed by atoms with E-state index in [4.69, 9.17) is 14.2 Å². The molecule has 0 heterocycles. The Morgan fingerprint density at radius 1 is 0.356 bits per heavy atom. The van der Waals surface area contributed by atoms with E-state index in [-0.39, 0.29) is 37.5 Å². The third kappa shape index (κ3) is 45.0. The second kappa shape index (κ2) is 46.8. The summed E-state index contributed by atoms with van der Waals surface area (Å²) in [5.74, 6) is -1.01. The lowest BCUT2D eigenvalue weighted by atomic mass is 10.1. The molecule has 0 fully saturated rings. The van der Waals surface area contributed by atoms with Crippen LogP contribution in [0, 0.1) is 0 Å². The molecular weight excluding hydrogens is 733 g/mol. The molecule has 0 aromatic rings. The molecule has 0 bridgehead atoms. The fourth-order valence-corrected chi connectivity index (χ4v) is 5.75. The van der Waals surface area contributed by atoms with Crippen molar-refractivity contribution in [2.24, 2.45) is 0 Å². The molecule has 0 aliphatic rings. The van der Waals surface area contributed by atoms with Crippen LogP contribution in [0.2, 0.25) is 0 Å². The van der Waals surface area contributed by atoms with Crippen LogP contribution in [0.25, 0.3) is 0 Å². The Hall–Kier alpha value is -3.93. The third-order valence-corrected chi connectivity index (χ3v) is 9.24. The molecule has 0 aliphatic heterocycles. The van der Waals surface area contributed by atoms with Crippen LogP contribution < -0.4 is 0 Å². The molecule has 0 aromatic carbocycles. The van der Waals surface area contributed by atoms with Gasteiger partial charge in [0.05, 0.1) is 0 Å². The highest BCUT2D eigenvalue weighted by molar-refractivity contribution is 5.71. The van der Waals surface area contributed by atoms with Crippen molar-refractivity contribution in [1.29, 1.82) is 0 Å². The molecule has 0 spiro atoms. The van der Waals surface area contributed by atoms with E-state index in [1.54, 1.807) is 0 Å². The van der Waals surface area contributed by atoms with E-state index >= 15 is 0 Å². The molecule has 59 heavy (non-hydrogen) atoms. The second-order valence-electron chi connectivity index (χ2n) is 14.9. The zero-order valence-electron chi connectivity index (χ0n) is 37.7. The number of rotatable bonds is 40. The normalized spacial score (nSPS) is 13.1. The van der Waals surface area contributed by atoms with Gasteiger partial charge in [0.2, 0.25) is 0 Å². The summed E-state index contributed by atoms with van der Waals surface area (Å²) in [5.41, 5.74) is 0. The zero-order valence-corrected chi connectivity index (χ0v) is 37.7. The zero-order chi connectivity index (χ0) is 43.0. The Morgan fingerprint density at radius 3 is 1.08 bits per heavy atom. The van der Waals surface area contributed by atoms with E-state index < -0.39 is 6.10 Å². The first-order valence-corrected chi connectivity index (χ1v) is 23.4. The van der Waals surface area contributed by atoms with E-state index in [0.29, 0.717) is 19.3 Å². The maximum Gasteiger partial charge on any atom is 0.306 e. The van der Waals surface area contributed by atoms with Crippen LogP contribution in [-0.2, 0) is 28.6 Å². The first kappa shape index (κ1) is 55.1. The molecule has 0 amide bonds.